The first-order valence-corrected chi connectivity index (χ1v) is 8.51. The zero-order valence-corrected chi connectivity index (χ0v) is 15.2. The van der Waals surface area contributed by atoms with Gasteiger partial charge in [0.1, 0.15) is 6.04 Å². The Balaban J connectivity index is 2.05. The van der Waals surface area contributed by atoms with Gasteiger partial charge in [-0.1, -0.05) is 59.6 Å². The summed E-state index contributed by atoms with van der Waals surface area (Å²) in [6.45, 7) is 0.502. The van der Waals surface area contributed by atoms with E-state index in [0.717, 1.165) is 11.1 Å². The maximum Gasteiger partial charge on any atom is 0.321 e. The lowest BCUT2D eigenvalue weighted by atomic mass is 10.1. The van der Waals surface area contributed by atoms with Crippen molar-refractivity contribution in [1.29, 1.82) is 0 Å². The van der Waals surface area contributed by atoms with Gasteiger partial charge in [0, 0.05) is 23.6 Å². The standard InChI is InChI=1S/C18H19Cl2N3O2/c1-21-18(25)23-17(24)16(13-5-3-2-4-6-13)22-10-9-12-7-8-14(19)11-15(12)20/h2-8,11,16,22H,9-10H2,1H3,(H2,21,23,24,25)/t16-/m0/s1. The molecule has 0 radical (unpaired) electrons. The summed E-state index contributed by atoms with van der Waals surface area (Å²) in [5.41, 5.74) is 1.70. The first-order chi connectivity index (χ1) is 12.0. The first-order valence-electron chi connectivity index (χ1n) is 7.76. The quantitative estimate of drug-likeness (QED) is 0.720. The van der Waals surface area contributed by atoms with Crippen molar-refractivity contribution in [3.05, 3.63) is 69.7 Å². The van der Waals surface area contributed by atoms with Crippen LogP contribution in [0.4, 0.5) is 4.79 Å². The Bertz CT molecular complexity index is 738. The molecule has 5 nitrogen and oxygen atoms in total. The van der Waals surface area contributed by atoms with E-state index in [1.807, 2.05) is 36.4 Å². The second-order valence-corrected chi connectivity index (χ2v) is 6.20. The van der Waals surface area contributed by atoms with E-state index in [1.54, 1.807) is 12.1 Å². The molecule has 0 saturated heterocycles. The average Bonchev–Trinajstić information content (AvgIpc) is 2.60. The highest BCUT2D eigenvalue weighted by Gasteiger charge is 2.21. The maximum atomic E-state index is 12.4. The van der Waals surface area contributed by atoms with E-state index >= 15 is 0 Å². The molecule has 7 heteroatoms. The minimum atomic E-state index is -0.649. The van der Waals surface area contributed by atoms with E-state index < -0.39 is 18.0 Å². The smallest absolute Gasteiger partial charge is 0.321 e. The predicted octanol–water partition coefficient (Wildman–Crippen LogP) is 3.32. The molecule has 2 aromatic rings. The van der Waals surface area contributed by atoms with E-state index in [4.69, 9.17) is 23.2 Å². The molecule has 0 fully saturated rings. The van der Waals surface area contributed by atoms with Crippen LogP contribution in [0, 0.1) is 0 Å². The Morgan fingerprint density at radius 3 is 2.44 bits per heavy atom. The molecule has 0 unspecified atom stereocenters. The van der Waals surface area contributed by atoms with E-state index in [9.17, 15) is 9.59 Å². The summed E-state index contributed by atoms with van der Waals surface area (Å²) in [7, 11) is 1.45. The van der Waals surface area contributed by atoms with Crippen molar-refractivity contribution >= 4 is 35.1 Å². The number of carbonyl (C=O) groups is 2. The molecule has 0 bridgehead atoms. The molecule has 0 saturated carbocycles. The molecule has 0 aromatic heterocycles. The number of urea groups is 1. The molecule has 0 aliphatic rings. The van der Waals surface area contributed by atoms with Gasteiger partial charge in [0.2, 0.25) is 5.91 Å². The molecule has 0 spiro atoms. The van der Waals surface area contributed by atoms with Crippen molar-refractivity contribution < 1.29 is 9.59 Å². The number of benzene rings is 2. The first kappa shape index (κ1) is 19.2. The molecule has 25 heavy (non-hydrogen) atoms. The zero-order valence-electron chi connectivity index (χ0n) is 13.7. The van der Waals surface area contributed by atoms with Crippen LogP contribution >= 0.6 is 23.2 Å². The van der Waals surface area contributed by atoms with Crippen LogP contribution in [0.5, 0.6) is 0 Å². The minimum absolute atomic E-state index is 0.423. The number of halogens is 2. The molecule has 0 aliphatic heterocycles. The van der Waals surface area contributed by atoms with Gasteiger partial charge in [-0.05, 0) is 29.7 Å². The van der Waals surface area contributed by atoms with E-state index in [-0.39, 0.29) is 0 Å². The topological polar surface area (TPSA) is 70.2 Å². The minimum Gasteiger partial charge on any atom is -0.341 e. The Morgan fingerprint density at radius 1 is 1.08 bits per heavy atom. The number of nitrogens with one attached hydrogen (secondary N) is 3. The van der Waals surface area contributed by atoms with Crippen LogP contribution in [-0.4, -0.2) is 25.5 Å². The summed E-state index contributed by atoms with van der Waals surface area (Å²) >= 11 is 12.1. The fourth-order valence-electron chi connectivity index (χ4n) is 2.33. The summed E-state index contributed by atoms with van der Waals surface area (Å²) in [4.78, 5) is 23.8. The summed E-state index contributed by atoms with van der Waals surface area (Å²) in [5.74, 6) is -0.423. The van der Waals surface area contributed by atoms with Crippen molar-refractivity contribution in [3.63, 3.8) is 0 Å². The Kier molecular flexibility index (Phi) is 7.25. The van der Waals surface area contributed by atoms with Gasteiger partial charge in [0.15, 0.2) is 0 Å². The molecule has 1 atom stereocenters. The fourth-order valence-corrected chi connectivity index (χ4v) is 2.83. The normalized spacial score (nSPS) is 11.6. The van der Waals surface area contributed by atoms with E-state index in [0.29, 0.717) is 23.0 Å². The lowest BCUT2D eigenvalue weighted by Crippen LogP contribution is -2.44. The van der Waals surface area contributed by atoms with Crippen molar-refractivity contribution in [2.24, 2.45) is 0 Å². The number of rotatable bonds is 6. The van der Waals surface area contributed by atoms with Gasteiger partial charge in [-0.2, -0.15) is 0 Å². The Hall–Kier alpha value is -2.08. The third-order valence-electron chi connectivity index (χ3n) is 3.62. The van der Waals surface area contributed by atoms with Crippen LogP contribution in [-0.2, 0) is 11.2 Å². The van der Waals surface area contributed by atoms with Crippen LogP contribution in [0.2, 0.25) is 10.0 Å². The van der Waals surface area contributed by atoms with Crippen molar-refractivity contribution in [2.45, 2.75) is 12.5 Å². The third kappa shape index (κ3) is 5.74. The van der Waals surface area contributed by atoms with Crippen LogP contribution in [0.15, 0.2) is 48.5 Å². The van der Waals surface area contributed by atoms with Gasteiger partial charge < -0.3 is 10.6 Å². The Labute approximate surface area is 156 Å². The number of imide groups is 1. The summed E-state index contributed by atoms with van der Waals surface area (Å²) in [6.07, 6.45) is 0.618. The summed E-state index contributed by atoms with van der Waals surface area (Å²) in [5, 5.41) is 9.00. The number of hydrogen-bond donors (Lipinski definition) is 3. The molecule has 0 aliphatic carbocycles. The van der Waals surface area contributed by atoms with Gasteiger partial charge in [0.05, 0.1) is 0 Å². The van der Waals surface area contributed by atoms with Crippen molar-refractivity contribution in [1.82, 2.24) is 16.0 Å². The zero-order chi connectivity index (χ0) is 18.2. The van der Waals surface area contributed by atoms with Gasteiger partial charge in [-0.3, -0.25) is 10.1 Å². The highest BCUT2D eigenvalue weighted by atomic mass is 35.5. The Morgan fingerprint density at radius 2 is 1.80 bits per heavy atom. The molecule has 132 valence electrons. The average molecular weight is 380 g/mol. The van der Waals surface area contributed by atoms with Crippen LogP contribution in [0.25, 0.3) is 0 Å². The van der Waals surface area contributed by atoms with Gasteiger partial charge in [0.25, 0.3) is 0 Å². The summed E-state index contributed by atoms with van der Waals surface area (Å²) in [6, 6.07) is 13.3. The molecule has 2 rings (SSSR count). The second-order valence-electron chi connectivity index (χ2n) is 5.35. The molecule has 0 heterocycles. The lowest BCUT2D eigenvalue weighted by Gasteiger charge is -2.18. The highest BCUT2D eigenvalue weighted by molar-refractivity contribution is 6.35. The largest absolute Gasteiger partial charge is 0.341 e. The summed E-state index contributed by atoms with van der Waals surface area (Å²) < 4.78 is 0. The maximum absolute atomic E-state index is 12.4. The van der Waals surface area contributed by atoms with Gasteiger partial charge in [-0.25, -0.2) is 4.79 Å². The van der Waals surface area contributed by atoms with E-state index in [1.165, 1.54) is 7.05 Å². The predicted molar refractivity (Wildman–Crippen MR) is 100.0 cm³/mol. The lowest BCUT2D eigenvalue weighted by molar-refractivity contribution is -0.122. The molecule has 3 amide bonds. The molecular formula is C18H19Cl2N3O2. The van der Waals surface area contributed by atoms with E-state index in [2.05, 4.69) is 16.0 Å². The SMILES string of the molecule is CNC(=O)NC(=O)[C@@H](NCCc1ccc(Cl)cc1Cl)c1ccccc1. The number of amides is 3. The van der Waals surface area contributed by atoms with Crippen LogP contribution in [0.1, 0.15) is 17.2 Å². The fraction of sp³-hybridized carbons (Fsp3) is 0.222. The monoisotopic (exact) mass is 379 g/mol. The second kappa shape index (κ2) is 9.42. The number of hydrogen-bond acceptors (Lipinski definition) is 3. The van der Waals surface area contributed by atoms with Gasteiger partial charge >= 0.3 is 6.03 Å². The van der Waals surface area contributed by atoms with Gasteiger partial charge in [-0.15, -0.1) is 0 Å². The van der Waals surface area contributed by atoms with Crippen molar-refractivity contribution in [2.75, 3.05) is 13.6 Å². The number of carbonyl (C=O) groups excluding carboxylic acids is 2. The van der Waals surface area contributed by atoms with Crippen LogP contribution < -0.4 is 16.0 Å². The van der Waals surface area contributed by atoms with Crippen LogP contribution in [0.3, 0.4) is 0 Å². The molecule has 2 aromatic carbocycles. The van der Waals surface area contributed by atoms with Crippen molar-refractivity contribution in [3.8, 4) is 0 Å². The highest BCUT2D eigenvalue weighted by Crippen LogP contribution is 2.21. The molecule has 3 N–H and O–H groups in total. The molecular weight excluding hydrogens is 361 g/mol. The third-order valence-corrected chi connectivity index (χ3v) is 4.20.